The van der Waals surface area contributed by atoms with E-state index in [-0.39, 0.29) is 22.8 Å². The van der Waals surface area contributed by atoms with Gasteiger partial charge in [-0.3, -0.25) is 10.0 Å². The Kier molecular flexibility index (Phi) is 6.52. The molecule has 0 radical (unpaired) electrons. The molecule has 22 heavy (non-hydrogen) atoms. The van der Waals surface area contributed by atoms with Crippen molar-refractivity contribution in [1.29, 1.82) is 0 Å². The maximum atomic E-state index is 12.3. The number of carbonyl (C=O) groups excluding carboxylic acids is 1. The van der Waals surface area contributed by atoms with Crippen LogP contribution in [0.5, 0.6) is 0 Å². The first-order valence-corrected chi connectivity index (χ1v) is 9.05. The molecule has 0 spiro atoms. The summed E-state index contributed by atoms with van der Waals surface area (Å²) in [5.41, 5.74) is 2.73. The van der Waals surface area contributed by atoms with Crippen LogP contribution in [0.15, 0.2) is 24.3 Å². The number of piperidine rings is 1. The summed E-state index contributed by atoms with van der Waals surface area (Å²) < 4.78 is 12.3. The van der Waals surface area contributed by atoms with Crippen LogP contribution in [0.1, 0.15) is 24.8 Å². The maximum absolute atomic E-state index is 12.3. The van der Waals surface area contributed by atoms with Gasteiger partial charge in [0.2, 0.25) is 0 Å². The SMILES string of the molecule is CC([C@H]1CNCC[C@@H]1c1ccc(Cl)cc1)[S+]([O-])CC(=O)NO. The quantitative estimate of drug-likeness (QED) is 0.431. The largest absolute Gasteiger partial charge is 0.616 e. The highest BCUT2D eigenvalue weighted by molar-refractivity contribution is 7.92. The molecule has 1 heterocycles. The molecule has 4 atom stereocenters. The Bertz CT molecular complexity index is 500. The fourth-order valence-electron chi connectivity index (χ4n) is 2.99. The molecule has 1 aromatic carbocycles. The van der Waals surface area contributed by atoms with E-state index in [0.29, 0.717) is 5.02 Å². The minimum absolute atomic E-state index is 0.147. The number of hydroxylamine groups is 1. The lowest BCUT2D eigenvalue weighted by Crippen LogP contribution is -2.45. The zero-order valence-corrected chi connectivity index (χ0v) is 14.0. The molecule has 0 bridgehead atoms. The topological polar surface area (TPSA) is 84.4 Å². The highest BCUT2D eigenvalue weighted by Gasteiger charge is 2.37. The van der Waals surface area contributed by atoms with Gasteiger partial charge in [-0.05, 0) is 54.7 Å². The molecule has 1 amide bonds. The van der Waals surface area contributed by atoms with Gasteiger partial charge in [-0.1, -0.05) is 23.7 Å². The van der Waals surface area contributed by atoms with Crippen molar-refractivity contribution < 1.29 is 14.6 Å². The van der Waals surface area contributed by atoms with Crippen LogP contribution in [-0.2, 0) is 16.0 Å². The Morgan fingerprint density at radius 2 is 2.23 bits per heavy atom. The van der Waals surface area contributed by atoms with E-state index in [2.05, 4.69) is 5.32 Å². The number of benzene rings is 1. The van der Waals surface area contributed by atoms with Gasteiger partial charge in [0, 0.05) is 17.5 Å². The molecule has 1 fully saturated rings. The van der Waals surface area contributed by atoms with Gasteiger partial charge in [0.15, 0.2) is 5.75 Å². The van der Waals surface area contributed by atoms with Crippen molar-refractivity contribution in [1.82, 2.24) is 10.8 Å². The summed E-state index contributed by atoms with van der Waals surface area (Å²) in [5.74, 6) is -0.337. The highest BCUT2D eigenvalue weighted by atomic mass is 35.5. The first-order chi connectivity index (χ1) is 10.5. The van der Waals surface area contributed by atoms with Gasteiger partial charge in [0.25, 0.3) is 5.91 Å². The molecular formula is C15H21ClN2O3S. The second-order valence-corrected chi connectivity index (χ2v) is 7.81. The minimum atomic E-state index is -1.33. The van der Waals surface area contributed by atoms with E-state index in [4.69, 9.17) is 16.8 Å². The van der Waals surface area contributed by atoms with Crippen LogP contribution in [0.4, 0.5) is 0 Å². The van der Waals surface area contributed by atoms with Gasteiger partial charge < -0.3 is 9.87 Å². The third kappa shape index (κ3) is 4.36. The monoisotopic (exact) mass is 344 g/mol. The lowest BCUT2D eigenvalue weighted by molar-refractivity contribution is -0.126. The van der Waals surface area contributed by atoms with Gasteiger partial charge in [0.05, 0.1) is 0 Å². The lowest BCUT2D eigenvalue weighted by atomic mass is 9.79. The summed E-state index contributed by atoms with van der Waals surface area (Å²) in [6.07, 6.45) is 0.958. The molecule has 2 unspecified atom stereocenters. The van der Waals surface area contributed by atoms with Crippen molar-refractivity contribution in [2.24, 2.45) is 5.92 Å². The van der Waals surface area contributed by atoms with Crippen LogP contribution in [0, 0.1) is 5.92 Å². The summed E-state index contributed by atoms with van der Waals surface area (Å²) >= 11 is 4.61. The van der Waals surface area contributed by atoms with E-state index in [0.717, 1.165) is 19.5 Å². The number of hydrogen-bond acceptors (Lipinski definition) is 4. The first kappa shape index (κ1) is 17.6. The molecule has 7 heteroatoms. The average Bonchev–Trinajstić information content (AvgIpc) is 2.54. The smallest absolute Gasteiger partial charge is 0.293 e. The predicted molar refractivity (Wildman–Crippen MR) is 87.6 cm³/mol. The standard InChI is InChI=1S/C15H21ClN2O3S/c1-10(22(21)9-15(19)18-20)14-8-17-7-6-13(14)11-2-4-12(16)5-3-11/h2-5,10,13-14,17,20H,6-9H2,1H3,(H,18,19)/t10?,13-,14-,22?/m1/s1. The van der Waals surface area contributed by atoms with Crippen molar-refractivity contribution in [3.8, 4) is 0 Å². The molecule has 1 saturated heterocycles. The van der Waals surface area contributed by atoms with Crippen molar-refractivity contribution in [2.75, 3.05) is 18.8 Å². The maximum Gasteiger partial charge on any atom is 0.293 e. The second-order valence-electron chi connectivity index (χ2n) is 5.58. The minimum Gasteiger partial charge on any atom is -0.616 e. The number of nitrogens with one attached hydrogen (secondary N) is 2. The van der Waals surface area contributed by atoms with Crippen LogP contribution in [0.2, 0.25) is 5.02 Å². The number of amides is 1. The number of hydrogen-bond donors (Lipinski definition) is 3. The molecule has 3 N–H and O–H groups in total. The van der Waals surface area contributed by atoms with Crippen molar-refractivity contribution >= 4 is 28.7 Å². The summed E-state index contributed by atoms with van der Waals surface area (Å²) in [7, 11) is 0. The molecule has 5 nitrogen and oxygen atoms in total. The Morgan fingerprint density at radius 1 is 1.55 bits per heavy atom. The summed E-state index contributed by atoms with van der Waals surface area (Å²) in [6.45, 7) is 3.59. The molecule has 2 rings (SSSR count). The fraction of sp³-hybridized carbons (Fsp3) is 0.533. The predicted octanol–water partition coefficient (Wildman–Crippen LogP) is 1.68. The Balaban J connectivity index is 2.11. The van der Waals surface area contributed by atoms with E-state index in [9.17, 15) is 9.35 Å². The first-order valence-electron chi connectivity index (χ1n) is 7.29. The Labute approximate surface area is 138 Å². The van der Waals surface area contributed by atoms with Crippen LogP contribution in [0.3, 0.4) is 0 Å². The normalized spacial score (nSPS) is 24.5. The molecular weight excluding hydrogens is 324 g/mol. The van der Waals surface area contributed by atoms with Gasteiger partial charge in [-0.25, -0.2) is 5.48 Å². The number of halogens is 1. The van der Waals surface area contributed by atoms with Crippen molar-refractivity contribution in [2.45, 2.75) is 24.5 Å². The molecule has 0 saturated carbocycles. The van der Waals surface area contributed by atoms with Crippen LogP contribution in [-0.4, -0.2) is 39.8 Å². The fourth-order valence-corrected chi connectivity index (χ4v) is 4.38. The van der Waals surface area contributed by atoms with E-state index < -0.39 is 17.1 Å². The van der Waals surface area contributed by atoms with Gasteiger partial charge in [0.1, 0.15) is 5.25 Å². The van der Waals surface area contributed by atoms with E-state index in [1.807, 2.05) is 31.2 Å². The second kappa shape index (κ2) is 8.17. The molecule has 0 aliphatic carbocycles. The van der Waals surface area contributed by atoms with E-state index in [1.165, 1.54) is 5.56 Å². The van der Waals surface area contributed by atoms with Crippen molar-refractivity contribution in [3.05, 3.63) is 34.9 Å². The molecule has 0 aromatic heterocycles. The van der Waals surface area contributed by atoms with Crippen LogP contribution in [0.25, 0.3) is 0 Å². The average molecular weight is 345 g/mol. The zero-order chi connectivity index (χ0) is 16.1. The summed E-state index contributed by atoms with van der Waals surface area (Å²) in [6, 6.07) is 7.77. The Morgan fingerprint density at radius 3 is 2.86 bits per heavy atom. The molecule has 1 aromatic rings. The zero-order valence-electron chi connectivity index (χ0n) is 12.4. The molecule has 122 valence electrons. The number of carbonyl (C=O) groups is 1. The third-order valence-corrected chi connectivity index (χ3v) is 6.22. The third-order valence-electron chi connectivity index (χ3n) is 4.24. The lowest BCUT2D eigenvalue weighted by Gasteiger charge is -2.36. The number of rotatable bonds is 5. The van der Waals surface area contributed by atoms with Gasteiger partial charge in [-0.15, -0.1) is 0 Å². The van der Waals surface area contributed by atoms with E-state index >= 15 is 0 Å². The highest BCUT2D eigenvalue weighted by Crippen LogP contribution is 2.35. The van der Waals surface area contributed by atoms with Crippen LogP contribution < -0.4 is 10.8 Å². The summed E-state index contributed by atoms with van der Waals surface area (Å²) in [4.78, 5) is 11.2. The summed E-state index contributed by atoms with van der Waals surface area (Å²) in [5, 5.41) is 12.5. The molecule has 1 aliphatic heterocycles. The van der Waals surface area contributed by atoms with Gasteiger partial charge >= 0.3 is 0 Å². The van der Waals surface area contributed by atoms with E-state index in [1.54, 1.807) is 5.48 Å². The van der Waals surface area contributed by atoms with Crippen molar-refractivity contribution in [3.63, 3.8) is 0 Å². The molecule has 1 aliphatic rings. The van der Waals surface area contributed by atoms with Crippen LogP contribution >= 0.6 is 11.6 Å². The van der Waals surface area contributed by atoms with Gasteiger partial charge in [-0.2, -0.15) is 0 Å². The Hall–Kier alpha value is -0.790.